The van der Waals surface area contributed by atoms with Gasteiger partial charge in [0.05, 0.1) is 16.0 Å². The minimum atomic E-state index is -0.205. The van der Waals surface area contributed by atoms with E-state index in [1.54, 1.807) is 23.7 Å². The Hall–Kier alpha value is -3.57. The summed E-state index contributed by atoms with van der Waals surface area (Å²) in [7, 11) is 0. The maximum Gasteiger partial charge on any atom is 0.271 e. The number of aromatic amines is 1. The first-order valence-electron chi connectivity index (χ1n) is 9.72. The number of benzene rings is 1. The largest absolute Gasteiger partial charge is 0.347 e. The minimum absolute atomic E-state index is 0.205. The average Bonchev–Trinajstić information content (AvgIpc) is 3.42. The fourth-order valence-electron chi connectivity index (χ4n) is 3.09. The molecule has 1 amide bonds. The third-order valence-corrected chi connectivity index (χ3v) is 5.58. The normalized spacial score (nSPS) is 10.8. The molecule has 3 heterocycles. The number of imidazole rings is 1. The number of nitrogens with one attached hydrogen (secondary N) is 2. The number of nitriles is 1. The number of hydrogen-bond donors (Lipinski definition) is 2. The molecule has 0 saturated heterocycles. The summed E-state index contributed by atoms with van der Waals surface area (Å²) in [6, 6.07) is 13.4. The fraction of sp³-hybridized carbons (Fsp3) is 0.227. The number of aromatic nitrogens is 4. The molecule has 0 aliphatic carbocycles. The number of carbonyl (C=O) groups excluding carboxylic acids is 1. The van der Waals surface area contributed by atoms with Crippen LogP contribution < -0.4 is 5.32 Å². The van der Waals surface area contributed by atoms with E-state index < -0.39 is 0 Å². The molecule has 3 aromatic heterocycles. The molecule has 0 aliphatic rings. The highest BCUT2D eigenvalue weighted by Crippen LogP contribution is 2.15. The number of para-hydroxylation sites is 2. The number of aryl methyl sites for hydroxylation is 2. The standard InChI is InChI=1S/C22H20N6OS/c23-11-16-10-9-15(12-24-16)13-25-22(29)19-14-30-21(28-19)8-4-3-7-20-26-17-5-1-2-6-18(17)27-20/h1-2,5-6,9-10,12,14H,3-4,7-8,13H2,(H,25,29)(H,26,27). The summed E-state index contributed by atoms with van der Waals surface area (Å²) in [6.07, 6.45) is 5.33. The summed E-state index contributed by atoms with van der Waals surface area (Å²) in [5.74, 6) is 0.803. The molecule has 0 bridgehead atoms. The van der Waals surface area contributed by atoms with E-state index in [1.165, 1.54) is 11.3 Å². The van der Waals surface area contributed by atoms with Crippen LogP contribution in [0.15, 0.2) is 48.0 Å². The lowest BCUT2D eigenvalue weighted by Crippen LogP contribution is -2.23. The number of nitrogens with zero attached hydrogens (tertiary/aromatic N) is 4. The predicted octanol–water partition coefficient (Wildman–Crippen LogP) is 3.78. The second-order valence-electron chi connectivity index (χ2n) is 6.88. The number of amides is 1. The highest BCUT2D eigenvalue weighted by atomic mass is 32.1. The van der Waals surface area contributed by atoms with E-state index in [-0.39, 0.29) is 5.91 Å². The van der Waals surface area contributed by atoms with Gasteiger partial charge in [-0.2, -0.15) is 5.26 Å². The summed E-state index contributed by atoms with van der Waals surface area (Å²) >= 11 is 1.51. The Morgan fingerprint density at radius 1 is 1.13 bits per heavy atom. The van der Waals surface area contributed by atoms with Gasteiger partial charge in [-0.3, -0.25) is 4.79 Å². The lowest BCUT2D eigenvalue weighted by atomic mass is 10.2. The molecule has 0 fully saturated rings. The third kappa shape index (κ3) is 4.88. The third-order valence-electron chi connectivity index (χ3n) is 4.67. The number of rotatable bonds is 8. The molecular weight excluding hydrogens is 396 g/mol. The van der Waals surface area contributed by atoms with Crippen LogP contribution in [0.5, 0.6) is 0 Å². The van der Waals surface area contributed by atoms with Crippen molar-refractivity contribution in [1.29, 1.82) is 5.26 Å². The van der Waals surface area contributed by atoms with Gasteiger partial charge < -0.3 is 10.3 Å². The van der Waals surface area contributed by atoms with Crippen molar-refractivity contribution in [2.24, 2.45) is 0 Å². The molecule has 1 aromatic carbocycles. The van der Waals surface area contributed by atoms with Gasteiger partial charge in [0.25, 0.3) is 5.91 Å². The van der Waals surface area contributed by atoms with Crippen molar-refractivity contribution in [1.82, 2.24) is 25.3 Å². The maximum absolute atomic E-state index is 12.3. The molecule has 0 spiro atoms. The van der Waals surface area contributed by atoms with Crippen molar-refractivity contribution in [3.05, 3.63) is 75.8 Å². The van der Waals surface area contributed by atoms with E-state index in [0.29, 0.717) is 17.9 Å². The van der Waals surface area contributed by atoms with Crippen LogP contribution in [-0.4, -0.2) is 25.8 Å². The summed E-state index contributed by atoms with van der Waals surface area (Å²) in [6.45, 7) is 0.349. The van der Waals surface area contributed by atoms with Crippen molar-refractivity contribution in [3.8, 4) is 6.07 Å². The van der Waals surface area contributed by atoms with Gasteiger partial charge in [0.2, 0.25) is 0 Å². The molecule has 4 rings (SSSR count). The van der Waals surface area contributed by atoms with Crippen LogP contribution in [0, 0.1) is 11.3 Å². The number of hydrogen-bond acceptors (Lipinski definition) is 6. The molecule has 7 nitrogen and oxygen atoms in total. The molecule has 150 valence electrons. The van der Waals surface area contributed by atoms with Crippen LogP contribution in [-0.2, 0) is 19.4 Å². The number of fused-ring (bicyclic) bond motifs is 1. The van der Waals surface area contributed by atoms with Crippen LogP contribution in [0.2, 0.25) is 0 Å². The van der Waals surface area contributed by atoms with Gasteiger partial charge in [-0.15, -0.1) is 11.3 Å². The zero-order valence-electron chi connectivity index (χ0n) is 16.3. The monoisotopic (exact) mass is 416 g/mol. The Balaban J connectivity index is 1.22. The van der Waals surface area contributed by atoms with Gasteiger partial charge in [0.15, 0.2) is 0 Å². The number of pyridine rings is 1. The van der Waals surface area contributed by atoms with Crippen LogP contribution in [0.1, 0.15) is 45.4 Å². The van der Waals surface area contributed by atoms with Gasteiger partial charge in [-0.25, -0.2) is 15.0 Å². The average molecular weight is 417 g/mol. The molecule has 8 heteroatoms. The zero-order chi connectivity index (χ0) is 20.8. The van der Waals surface area contributed by atoms with Gasteiger partial charge in [0, 0.05) is 24.5 Å². The number of unbranched alkanes of at least 4 members (excludes halogenated alkanes) is 1. The molecule has 0 radical (unpaired) electrons. The first-order chi connectivity index (χ1) is 14.7. The van der Waals surface area contributed by atoms with Crippen LogP contribution in [0.3, 0.4) is 0 Å². The highest BCUT2D eigenvalue weighted by molar-refractivity contribution is 7.09. The summed E-state index contributed by atoms with van der Waals surface area (Å²) in [4.78, 5) is 28.7. The van der Waals surface area contributed by atoms with Crippen LogP contribution in [0.25, 0.3) is 11.0 Å². The second kappa shape index (κ2) is 9.29. The van der Waals surface area contributed by atoms with Gasteiger partial charge >= 0.3 is 0 Å². The molecule has 4 aromatic rings. The lowest BCUT2D eigenvalue weighted by Gasteiger charge is -2.03. The quantitative estimate of drug-likeness (QED) is 0.425. The molecule has 0 unspecified atom stereocenters. The second-order valence-corrected chi connectivity index (χ2v) is 7.82. The molecule has 30 heavy (non-hydrogen) atoms. The molecular formula is C22H20N6OS. The van der Waals surface area contributed by atoms with Crippen molar-refractivity contribution in [3.63, 3.8) is 0 Å². The van der Waals surface area contributed by atoms with E-state index in [2.05, 4.69) is 25.3 Å². The first-order valence-corrected chi connectivity index (χ1v) is 10.6. The maximum atomic E-state index is 12.3. The van der Waals surface area contributed by atoms with E-state index in [9.17, 15) is 4.79 Å². The molecule has 2 N–H and O–H groups in total. The first kappa shape index (κ1) is 19.7. The van der Waals surface area contributed by atoms with E-state index in [1.807, 2.05) is 30.3 Å². The number of thiazole rings is 1. The SMILES string of the molecule is N#Cc1ccc(CNC(=O)c2csc(CCCCc3nc4ccccc4[nH]3)n2)cn1. The Morgan fingerprint density at radius 2 is 2.00 bits per heavy atom. The van der Waals surface area contributed by atoms with Crippen molar-refractivity contribution in [2.75, 3.05) is 0 Å². The van der Waals surface area contributed by atoms with Gasteiger partial charge in [-0.05, 0) is 43.0 Å². The molecule has 0 saturated carbocycles. The fourth-order valence-corrected chi connectivity index (χ4v) is 3.91. The van der Waals surface area contributed by atoms with Gasteiger partial charge in [0.1, 0.15) is 23.3 Å². The van der Waals surface area contributed by atoms with Crippen LogP contribution in [0.4, 0.5) is 0 Å². The van der Waals surface area contributed by atoms with Crippen molar-refractivity contribution in [2.45, 2.75) is 32.2 Å². The summed E-state index contributed by atoms with van der Waals surface area (Å²) in [5.41, 5.74) is 3.70. The Kier molecular flexibility index (Phi) is 6.11. The highest BCUT2D eigenvalue weighted by Gasteiger charge is 2.11. The zero-order valence-corrected chi connectivity index (χ0v) is 17.1. The number of H-pyrrole nitrogens is 1. The smallest absolute Gasteiger partial charge is 0.271 e. The Morgan fingerprint density at radius 3 is 2.80 bits per heavy atom. The predicted molar refractivity (Wildman–Crippen MR) is 115 cm³/mol. The summed E-state index contributed by atoms with van der Waals surface area (Å²) in [5, 5.41) is 14.4. The van der Waals surface area contributed by atoms with Crippen molar-refractivity contribution >= 4 is 28.3 Å². The Bertz CT molecular complexity index is 1160. The minimum Gasteiger partial charge on any atom is -0.347 e. The Labute approximate surface area is 177 Å². The van der Waals surface area contributed by atoms with Crippen LogP contribution >= 0.6 is 11.3 Å². The van der Waals surface area contributed by atoms with Gasteiger partial charge in [-0.1, -0.05) is 18.2 Å². The topological polar surface area (TPSA) is 107 Å². The molecule has 0 aliphatic heterocycles. The number of carbonyl (C=O) groups is 1. The lowest BCUT2D eigenvalue weighted by molar-refractivity contribution is 0.0946. The molecule has 0 atom stereocenters. The summed E-state index contributed by atoms with van der Waals surface area (Å²) < 4.78 is 0. The van der Waals surface area contributed by atoms with E-state index in [4.69, 9.17) is 5.26 Å². The van der Waals surface area contributed by atoms with E-state index >= 15 is 0 Å². The van der Waals surface area contributed by atoms with Crippen molar-refractivity contribution < 1.29 is 4.79 Å². The van der Waals surface area contributed by atoms with E-state index in [0.717, 1.165) is 53.1 Å².